The molecule has 2 aromatic carbocycles. The molecule has 6 heteroatoms. The Morgan fingerprint density at radius 2 is 1.62 bits per heavy atom. The van der Waals surface area contributed by atoms with Gasteiger partial charge in [-0.05, 0) is 30.7 Å². The van der Waals surface area contributed by atoms with E-state index in [-0.39, 0.29) is 5.91 Å². The molecule has 26 heavy (non-hydrogen) atoms. The lowest BCUT2D eigenvalue weighted by atomic mass is 10.2. The van der Waals surface area contributed by atoms with Crippen LogP contribution in [0.4, 0.5) is 5.69 Å². The normalized spacial score (nSPS) is 10.5. The van der Waals surface area contributed by atoms with Crippen LogP contribution in [0.2, 0.25) is 0 Å². The van der Waals surface area contributed by atoms with Crippen molar-refractivity contribution in [3.63, 3.8) is 0 Å². The average Bonchev–Trinajstić information content (AvgIpc) is 2.66. The number of anilines is 1. The van der Waals surface area contributed by atoms with Crippen molar-refractivity contribution < 1.29 is 23.7 Å². The fourth-order valence-electron chi connectivity index (χ4n) is 2.35. The van der Waals surface area contributed by atoms with Gasteiger partial charge in [-0.3, -0.25) is 4.79 Å². The molecule has 0 bridgehead atoms. The number of carbonyl (C=O) groups excluding carboxylic acids is 1. The van der Waals surface area contributed by atoms with E-state index in [0.29, 0.717) is 29.5 Å². The first kappa shape index (κ1) is 19.2. The number of ether oxygens (including phenoxy) is 4. The first-order chi connectivity index (χ1) is 12.6. The second-order valence-corrected chi connectivity index (χ2v) is 5.24. The fraction of sp³-hybridized carbons (Fsp3) is 0.250. The van der Waals surface area contributed by atoms with E-state index in [4.69, 9.17) is 18.9 Å². The highest BCUT2D eigenvalue weighted by Crippen LogP contribution is 2.39. The van der Waals surface area contributed by atoms with Gasteiger partial charge >= 0.3 is 0 Å². The summed E-state index contributed by atoms with van der Waals surface area (Å²) in [7, 11) is 4.57. The summed E-state index contributed by atoms with van der Waals surface area (Å²) in [6.45, 7) is 2.55. The third-order valence-electron chi connectivity index (χ3n) is 3.55. The average molecular weight is 357 g/mol. The summed E-state index contributed by atoms with van der Waals surface area (Å²) in [5.41, 5.74) is 1.44. The summed E-state index contributed by atoms with van der Waals surface area (Å²) in [4.78, 5) is 12.2. The standard InChI is InChI=1S/C20H23NO5/c1-5-26-16-9-6-14(7-10-16)8-11-19(22)21-15-12-17(23-2)20(25-4)18(13-15)24-3/h6-13H,5H2,1-4H3,(H,21,22)/b11-8+. The fourth-order valence-corrected chi connectivity index (χ4v) is 2.35. The molecule has 0 aliphatic carbocycles. The zero-order chi connectivity index (χ0) is 18.9. The van der Waals surface area contributed by atoms with Gasteiger partial charge in [-0.15, -0.1) is 0 Å². The van der Waals surface area contributed by atoms with Crippen LogP contribution in [0.15, 0.2) is 42.5 Å². The number of rotatable bonds is 8. The Hall–Kier alpha value is -3.15. The van der Waals surface area contributed by atoms with Gasteiger partial charge in [0, 0.05) is 23.9 Å². The number of hydrogen-bond acceptors (Lipinski definition) is 5. The van der Waals surface area contributed by atoms with Crippen molar-refractivity contribution in [3.8, 4) is 23.0 Å². The smallest absolute Gasteiger partial charge is 0.248 e. The minimum atomic E-state index is -0.270. The van der Waals surface area contributed by atoms with E-state index in [1.54, 1.807) is 18.2 Å². The van der Waals surface area contributed by atoms with E-state index in [1.807, 2.05) is 31.2 Å². The zero-order valence-electron chi connectivity index (χ0n) is 15.4. The predicted octanol–water partition coefficient (Wildman–Crippen LogP) is 3.76. The summed E-state index contributed by atoms with van der Waals surface area (Å²) >= 11 is 0. The molecule has 0 aromatic heterocycles. The lowest BCUT2D eigenvalue weighted by Gasteiger charge is -2.14. The Balaban J connectivity index is 2.09. The molecule has 0 aliphatic rings. The van der Waals surface area contributed by atoms with Crippen LogP contribution in [-0.2, 0) is 4.79 Å². The summed E-state index contributed by atoms with van der Waals surface area (Å²) in [6.07, 6.45) is 3.18. The molecule has 2 rings (SSSR count). The molecule has 0 aliphatic heterocycles. The van der Waals surface area contributed by atoms with Crippen LogP contribution < -0.4 is 24.3 Å². The molecule has 0 heterocycles. The number of hydrogen-bond donors (Lipinski definition) is 1. The molecule has 0 spiro atoms. The molecule has 0 unspecified atom stereocenters. The maximum absolute atomic E-state index is 12.2. The Bertz CT molecular complexity index is 743. The third-order valence-corrected chi connectivity index (χ3v) is 3.55. The van der Waals surface area contributed by atoms with Crippen LogP contribution in [0.3, 0.4) is 0 Å². The molecule has 138 valence electrons. The number of benzene rings is 2. The summed E-state index contributed by atoms with van der Waals surface area (Å²) in [6, 6.07) is 10.8. The van der Waals surface area contributed by atoms with E-state index >= 15 is 0 Å². The van der Waals surface area contributed by atoms with E-state index in [2.05, 4.69) is 5.32 Å². The predicted molar refractivity (Wildman–Crippen MR) is 101 cm³/mol. The largest absolute Gasteiger partial charge is 0.494 e. The minimum Gasteiger partial charge on any atom is -0.494 e. The van der Waals surface area contributed by atoms with Crippen molar-refractivity contribution in [2.75, 3.05) is 33.3 Å². The topological polar surface area (TPSA) is 66.0 Å². The highest BCUT2D eigenvalue weighted by molar-refractivity contribution is 6.02. The van der Waals surface area contributed by atoms with Gasteiger partial charge in [0.2, 0.25) is 11.7 Å². The molecular formula is C20H23NO5. The molecule has 1 amide bonds. The van der Waals surface area contributed by atoms with Crippen LogP contribution in [0.25, 0.3) is 6.08 Å². The van der Waals surface area contributed by atoms with Gasteiger partial charge in [0.05, 0.1) is 27.9 Å². The lowest BCUT2D eigenvalue weighted by Crippen LogP contribution is -2.08. The van der Waals surface area contributed by atoms with Crippen LogP contribution in [0.5, 0.6) is 23.0 Å². The second kappa shape index (κ2) is 9.36. The summed E-state index contributed by atoms with van der Waals surface area (Å²) in [5.74, 6) is 1.94. The van der Waals surface area contributed by atoms with Gasteiger partial charge in [-0.2, -0.15) is 0 Å². The second-order valence-electron chi connectivity index (χ2n) is 5.24. The molecule has 0 saturated carbocycles. The van der Waals surface area contributed by atoms with Gasteiger partial charge in [-0.1, -0.05) is 12.1 Å². The first-order valence-electron chi connectivity index (χ1n) is 8.13. The molecule has 2 aromatic rings. The lowest BCUT2D eigenvalue weighted by molar-refractivity contribution is -0.111. The molecule has 0 radical (unpaired) electrons. The number of methoxy groups -OCH3 is 3. The maximum atomic E-state index is 12.2. The van der Waals surface area contributed by atoms with Gasteiger partial charge in [0.15, 0.2) is 11.5 Å². The molecular weight excluding hydrogens is 334 g/mol. The monoisotopic (exact) mass is 357 g/mol. The Morgan fingerprint density at radius 1 is 1.00 bits per heavy atom. The van der Waals surface area contributed by atoms with E-state index in [1.165, 1.54) is 27.4 Å². The van der Waals surface area contributed by atoms with Crippen LogP contribution >= 0.6 is 0 Å². The SMILES string of the molecule is CCOc1ccc(/C=C/C(=O)Nc2cc(OC)c(OC)c(OC)c2)cc1. The zero-order valence-corrected chi connectivity index (χ0v) is 15.4. The molecule has 0 saturated heterocycles. The first-order valence-corrected chi connectivity index (χ1v) is 8.13. The molecule has 0 fully saturated rings. The minimum absolute atomic E-state index is 0.270. The van der Waals surface area contributed by atoms with Crippen molar-refractivity contribution in [2.45, 2.75) is 6.92 Å². The van der Waals surface area contributed by atoms with Gasteiger partial charge in [0.1, 0.15) is 5.75 Å². The van der Waals surface area contributed by atoms with Crippen LogP contribution in [-0.4, -0.2) is 33.8 Å². The molecule has 6 nitrogen and oxygen atoms in total. The number of carbonyl (C=O) groups is 1. The van der Waals surface area contributed by atoms with Crippen molar-refractivity contribution in [3.05, 3.63) is 48.0 Å². The van der Waals surface area contributed by atoms with Crippen molar-refractivity contribution >= 4 is 17.7 Å². The molecule has 0 atom stereocenters. The Morgan fingerprint density at radius 3 is 2.12 bits per heavy atom. The summed E-state index contributed by atoms with van der Waals surface area (Å²) in [5, 5.41) is 2.78. The van der Waals surface area contributed by atoms with Crippen LogP contribution in [0, 0.1) is 0 Å². The van der Waals surface area contributed by atoms with Crippen molar-refractivity contribution in [1.29, 1.82) is 0 Å². The van der Waals surface area contributed by atoms with Crippen molar-refractivity contribution in [2.24, 2.45) is 0 Å². The quantitative estimate of drug-likeness (QED) is 0.729. The highest BCUT2D eigenvalue weighted by atomic mass is 16.5. The Labute approximate surface area is 153 Å². The summed E-state index contributed by atoms with van der Waals surface area (Å²) < 4.78 is 21.2. The number of nitrogens with one attached hydrogen (secondary N) is 1. The van der Waals surface area contributed by atoms with Gasteiger partial charge in [-0.25, -0.2) is 0 Å². The van der Waals surface area contributed by atoms with E-state index < -0.39 is 0 Å². The number of amides is 1. The Kier molecular flexibility index (Phi) is 6.91. The molecule has 1 N–H and O–H groups in total. The van der Waals surface area contributed by atoms with E-state index in [0.717, 1.165) is 11.3 Å². The van der Waals surface area contributed by atoms with Gasteiger partial charge in [0.25, 0.3) is 0 Å². The van der Waals surface area contributed by atoms with E-state index in [9.17, 15) is 4.79 Å². The maximum Gasteiger partial charge on any atom is 0.248 e. The highest BCUT2D eigenvalue weighted by Gasteiger charge is 2.13. The third kappa shape index (κ3) is 4.92. The van der Waals surface area contributed by atoms with Crippen molar-refractivity contribution in [1.82, 2.24) is 0 Å². The van der Waals surface area contributed by atoms with Gasteiger partial charge < -0.3 is 24.3 Å². The van der Waals surface area contributed by atoms with Crippen LogP contribution in [0.1, 0.15) is 12.5 Å².